The molecule has 2 unspecified atom stereocenters. The maximum Gasteiger partial charge on any atom is 0.150 e. The summed E-state index contributed by atoms with van der Waals surface area (Å²) >= 11 is 5.27. The van der Waals surface area contributed by atoms with Crippen LogP contribution >= 0.6 is 27.3 Å². The first kappa shape index (κ1) is 15.0. The van der Waals surface area contributed by atoms with Crippen molar-refractivity contribution in [3.63, 3.8) is 0 Å². The first-order valence-corrected chi connectivity index (χ1v) is 10.6. The van der Waals surface area contributed by atoms with Crippen LogP contribution in [0.5, 0.6) is 0 Å². The number of hydrogen-bond donors (Lipinski definition) is 1. The number of thiophene rings is 1. The first-order chi connectivity index (χ1) is 9.52. The van der Waals surface area contributed by atoms with E-state index in [1.165, 1.54) is 17.7 Å². The predicted molar refractivity (Wildman–Crippen MR) is 87.0 cm³/mol. The number of nitrogens with one attached hydrogen (secondary N) is 1. The standard InChI is InChI=1S/C14H20BrNO2S2/c15-14-4-3-13(19-14)7-11(8-16-12-1-2-12)10-5-6-20(17,18)9-10/h3-4,10-12,16H,1-2,5-9H2. The minimum atomic E-state index is -2.78. The van der Waals surface area contributed by atoms with Gasteiger partial charge in [-0.25, -0.2) is 8.42 Å². The van der Waals surface area contributed by atoms with Crippen LogP contribution in [0.4, 0.5) is 0 Å². The molecule has 1 saturated carbocycles. The third-order valence-electron chi connectivity index (χ3n) is 4.27. The van der Waals surface area contributed by atoms with E-state index in [9.17, 15) is 8.42 Å². The van der Waals surface area contributed by atoms with Crippen LogP contribution < -0.4 is 5.32 Å². The monoisotopic (exact) mass is 377 g/mol. The molecule has 1 aliphatic carbocycles. The highest BCUT2D eigenvalue weighted by atomic mass is 79.9. The fraction of sp³-hybridized carbons (Fsp3) is 0.714. The minimum absolute atomic E-state index is 0.326. The van der Waals surface area contributed by atoms with Crippen molar-refractivity contribution in [2.24, 2.45) is 11.8 Å². The van der Waals surface area contributed by atoms with Crippen LogP contribution in [0.1, 0.15) is 24.1 Å². The molecular weight excluding hydrogens is 358 g/mol. The molecule has 1 aromatic rings. The van der Waals surface area contributed by atoms with E-state index >= 15 is 0 Å². The Morgan fingerprint density at radius 1 is 1.35 bits per heavy atom. The molecule has 0 aromatic carbocycles. The lowest BCUT2D eigenvalue weighted by molar-refractivity contribution is 0.344. The molecule has 0 radical (unpaired) electrons. The van der Waals surface area contributed by atoms with Crippen LogP contribution in [0.25, 0.3) is 0 Å². The Hall–Kier alpha value is 0.0900. The summed E-state index contributed by atoms with van der Waals surface area (Å²) in [7, 11) is -2.78. The van der Waals surface area contributed by atoms with Crippen molar-refractivity contribution in [2.45, 2.75) is 31.7 Å². The summed E-state index contributed by atoms with van der Waals surface area (Å²) in [6.07, 6.45) is 4.39. The van der Waals surface area contributed by atoms with Crippen LogP contribution in [-0.2, 0) is 16.3 Å². The summed E-state index contributed by atoms with van der Waals surface area (Å²) in [6, 6.07) is 4.92. The fourth-order valence-electron chi connectivity index (χ4n) is 2.93. The van der Waals surface area contributed by atoms with Crippen molar-refractivity contribution in [3.8, 4) is 0 Å². The van der Waals surface area contributed by atoms with E-state index in [1.54, 1.807) is 11.3 Å². The largest absolute Gasteiger partial charge is 0.314 e. The average molecular weight is 378 g/mol. The van der Waals surface area contributed by atoms with Gasteiger partial charge in [-0.15, -0.1) is 11.3 Å². The molecule has 3 nitrogen and oxygen atoms in total. The van der Waals surface area contributed by atoms with Gasteiger partial charge < -0.3 is 5.32 Å². The summed E-state index contributed by atoms with van der Waals surface area (Å²) in [5, 5.41) is 3.59. The molecule has 0 spiro atoms. The van der Waals surface area contributed by atoms with Crippen LogP contribution in [0, 0.1) is 11.8 Å². The third kappa shape index (κ3) is 4.06. The zero-order valence-corrected chi connectivity index (χ0v) is 14.6. The Balaban J connectivity index is 1.66. The number of halogens is 1. The van der Waals surface area contributed by atoms with Crippen molar-refractivity contribution >= 4 is 37.1 Å². The molecule has 1 aromatic heterocycles. The summed E-state index contributed by atoms with van der Waals surface area (Å²) in [6.45, 7) is 0.959. The second kappa shape index (κ2) is 6.07. The normalized spacial score (nSPS) is 26.8. The number of sulfone groups is 1. The quantitative estimate of drug-likeness (QED) is 0.828. The van der Waals surface area contributed by atoms with Crippen LogP contribution in [0.2, 0.25) is 0 Å². The van der Waals surface area contributed by atoms with Crippen LogP contribution in [0.3, 0.4) is 0 Å². The topological polar surface area (TPSA) is 46.2 Å². The van der Waals surface area contributed by atoms with Crippen molar-refractivity contribution < 1.29 is 8.42 Å². The summed E-state index contributed by atoms with van der Waals surface area (Å²) in [5.74, 6) is 1.54. The molecule has 2 aliphatic rings. The molecule has 2 heterocycles. The van der Waals surface area contributed by atoms with E-state index in [4.69, 9.17) is 0 Å². The lowest BCUT2D eigenvalue weighted by Gasteiger charge is -2.22. The van der Waals surface area contributed by atoms with Gasteiger partial charge >= 0.3 is 0 Å². The van der Waals surface area contributed by atoms with E-state index in [0.717, 1.165) is 23.2 Å². The molecule has 0 amide bonds. The van der Waals surface area contributed by atoms with E-state index in [0.29, 0.717) is 29.4 Å². The Morgan fingerprint density at radius 3 is 2.70 bits per heavy atom. The van der Waals surface area contributed by atoms with Gasteiger partial charge in [-0.3, -0.25) is 0 Å². The Kier molecular flexibility index (Phi) is 4.55. The van der Waals surface area contributed by atoms with Crippen LogP contribution in [0.15, 0.2) is 15.9 Å². The third-order valence-corrected chi connectivity index (χ3v) is 7.71. The van der Waals surface area contributed by atoms with Gasteiger partial charge in [0.25, 0.3) is 0 Å². The molecule has 0 bridgehead atoms. The van der Waals surface area contributed by atoms with Gasteiger partial charge in [0.05, 0.1) is 15.3 Å². The molecule has 1 saturated heterocycles. The van der Waals surface area contributed by atoms with Gasteiger partial charge in [-0.2, -0.15) is 0 Å². The van der Waals surface area contributed by atoms with E-state index in [1.807, 2.05) is 0 Å². The van der Waals surface area contributed by atoms with Gasteiger partial charge in [0, 0.05) is 10.9 Å². The highest BCUT2D eigenvalue weighted by Crippen LogP contribution is 2.32. The molecule has 3 rings (SSSR count). The molecule has 6 heteroatoms. The molecule has 112 valence electrons. The highest BCUT2D eigenvalue weighted by Gasteiger charge is 2.34. The van der Waals surface area contributed by atoms with Gasteiger partial charge in [-0.05, 0) is 72.1 Å². The van der Waals surface area contributed by atoms with Crippen molar-refractivity contribution in [3.05, 3.63) is 20.8 Å². The lowest BCUT2D eigenvalue weighted by atomic mass is 9.88. The Labute approximate surface area is 133 Å². The lowest BCUT2D eigenvalue weighted by Crippen LogP contribution is -2.31. The minimum Gasteiger partial charge on any atom is -0.314 e. The van der Waals surface area contributed by atoms with E-state index in [2.05, 4.69) is 33.4 Å². The molecule has 2 atom stereocenters. The average Bonchev–Trinajstić information content (AvgIpc) is 3.02. The molecule has 2 fully saturated rings. The number of rotatable bonds is 6. The number of hydrogen-bond acceptors (Lipinski definition) is 4. The van der Waals surface area contributed by atoms with Gasteiger partial charge in [-0.1, -0.05) is 0 Å². The maximum absolute atomic E-state index is 11.7. The van der Waals surface area contributed by atoms with Crippen LogP contribution in [-0.4, -0.2) is 32.5 Å². The molecule has 20 heavy (non-hydrogen) atoms. The van der Waals surface area contributed by atoms with Crippen molar-refractivity contribution in [2.75, 3.05) is 18.1 Å². The molecule has 1 aliphatic heterocycles. The Bertz CT molecular complexity index is 565. The fourth-order valence-corrected chi connectivity index (χ4v) is 6.42. The van der Waals surface area contributed by atoms with E-state index in [-0.39, 0.29) is 0 Å². The highest BCUT2D eigenvalue weighted by molar-refractivity contribution is 9.11. The molecule has 1 N–H and O–H groups in total. The molecular formula is C14H20BrNO2S2. The summed E-state index contributed by atoms with van der Waals surface area (Å²) in [5.41, 5.74) is 0. The second-order valence-corrected chi connectivity index (χ2v) is 10.8. The van der Waals surface area contributed by atoms with Crippen molar-refractivity contribution in [1.29, 1.82) is 0 Å². The smallest absolute Gasteiger partial charge is 0.150 e. The van der Waals surface area contributed by atoms with Gasteiger partial charge in [0.1, 0.15) is 0 Å². The van der Waals surface area contributed by atoms with E-state index < -0.39 is 9.84 Å². The maximum atomic E-state index is 11.7. The Morgan fingerprint density at radius 2 is 2.15 bits per heavy atom. The zero-order valence-electron chi connectivity index (χ0n) is 11.3. The first-order valence-electron chi connectivity index (χ1n) is 7.20. The summed E-state index contributed by atoms with van der Waals surface area (Å²) in [4.78, 5) is 1.35. The summed E-state index contributed by atoms with van der Waals surface area (Å²) < 4.78 is 24.6. The van der Waals surface area contributed by atoms with Gasteiger partial charge in [0.2, 0.25) is 0 Å². The predicted octanol–water partition coefficient (Wildman–Crippen LogP) is 2.86. The SMILES string of the molecule is O=S1(=O)CCC(C(CNC2CC2)Cc2ccc(Br)s2)C1. The zero-order chi connectivity index (χ0) is 14.2. The second-order valence-electron chi connectivity index (χ2n) is 6.02. The van der Waals surface area contributed by atoms with Crippen molar-refractivity contribution in [1.82, 2.24) is 5.32 Å². The van der Waals surface area contributed by atoms with Gasteiger partial charge in [0.15, 0.2) is 9.84 Å².